The van der Waals surface area contributed by atoms with E-state index in [4.69, 9.17) is 22.3 Å². The summed E-state index contributed by atoms with van der Waals surface area (Å²) in [5.74, 6) is -4.78. The van der Waals surface area contributed by atoms with E-state index in [0.29, 0.717) is 25.8 Å². The van der Waals surface area contributed by atoms with Crippen molar-refractivity contribution in [2.75, 3.05) is 6.54 Å². The fraction of sp³-hybridized carbons (Fsp3) is 0.706. The zero-order chi connectivity index (χ0) is 23.4. The van der Waals surface area contributed by atoms with Gasteiger partial charge in [0.2, 0.25) is 23.6 Å². The Labute approximate surface area is 174 Å². The zero-order valence-electron chi connectivity index (χ0n) is 17.1. The number of primary amides is 1. The molecule has 0 aliphatic rings. The van der Waals surface area contributed by atoms with Crippen LogP contribution in [0.25, 0.3) is 0 Å². The van der Waals surface area contributed by atoms with Gasteiger partial charge in [-0.15, -0.1) is 0 Å². The molecule has 13 nitrogen and oxygen atoms in total. The molecule has 13 heteroatoms. The Kier molecular flexibility index (Phi) is 12.2. The van der Waals surface area contributed by atoms with Crippen LogP contribution in [0.2, 0.25) is 0 Å². The van der Waals surface area contributed by atoms with Crippen LogP contribution in [0.5, 0.6) is 0 Å². The fourth-order valence-electron chi connectivity index (χ4n) is 2.38. The minimum Gasteiger partial charge on any atom is -0.480 e. The highest BCUT2D eigenvalue weighted by Crippen LogP contribution is 2.01. The number of amides is 4. The van der Waals surface area contributed by atoms with Gasteiger partial charge in [-0.05, 0) is 33.2 Å². The van der Waals surface area contributed by atoms with E-state index in [1.54, 1.807) is 0 Å². The number of carbonyl (C=O) groups is 5. The Morgan fingerprint density at radius 2 is 1.53 bits per heavy atom. The zero-order valence-corrected chi connectivity index (χ0v) is 17.1. The first kappa shape index (κ1) is 27.2. The van der Waals surface area contributed by atoms with Gasteiger partial charge < -0.3 is 43.4 Å². The van der Waals surface area contributed by atoms with Gasteiger partial charge in [0.1, 0.15) is 12.1 Å². The van der Waals surface area contributed by atoms with Crippen LogP contribution < -0.4 is 33.2 Å². The van der Waals surface area contributed by atoms with Gasteiger partial charge in [-0.3, -0.25) is 19.2 Å². The van der Waals surface area contributed by atoms with Gasteiger partial charge in [0.05, 0.1) is 18.6 Å². The fourth-order valence-corrected chi connectivity index (χ4v) is 2.38. The molecular weight excluding hydrogens is 400 g/mol. The molecule has 5 atom stereocenters. The molecule has 0 aromatic rings. The molecule has 5 unspecified atom stereocenters. The lowest BCUT2D eigenvalue weighted by Gasteiger charge is -2.23. The van der Waals surface area contributed by atoms with Gasteiger partial charge in [0, 0.05) is 0 Å². The van der Waals surface area contributed by atoms with Crippen LogP contribution in [0.1, 0.15) is 39.5 Å². The van der Waals surface area contributed by atoms with Gasteiger partial charge in [0.15, 0.2) is 6.04 Å². The van der Waals surface area contributed by atoms with Crippen molar-refractivity contribution in [1.82, 2.24) is 16.0 Å². The lowest BCUT2D eigenvalue weighted by atomic mass is 10.1. The number of unbranched alkanes of at least 4 members (excludes halogenated alkanes) is 1. The maximum atomic E-state index is 12.4. The van der Waals surface area contributed by atoms with Gasteiger partial charge in [-0.1, -0.05) is 6.42 Å². The number of aliphatic hydroxyl groups is 1. The van der Waals surface area contributed by atoms with Crippen molar-refractivity contribution >= 4 is 29.6 Å². The number of carboxylic acid groups (broad SMARTS) is 1. The van der Waals surface area contributed by atoms with E-state index in [-0.39, 0.29) is 0 Å². The predicted octanol–water partition coefficient (Wildman–Crippen LogP) is -3.74. The van der Waals surface area contributed by atoms with Crippen molar-refractivity contribution in [3.63, 3.8) is 0 Å². The number of carboxylic acids is 1. The Bertz CT molecular complexity index is 628. The maximum Gasteiger partial charge on any atom is 0.328 e. The van der Waals surface area contributed by atoms with Gasteiger partial charge in [-0.25, -0.2) is 4.79 Å². The van der Waals surface area contributed by atoms with Gasteiger partial charge in [-0.2, -0.15) is 0 Å². The number of hydrogen-bond acceptors (Lipinski definition) is 8. The summed E-state index contributed by atoms with van der Waals surface area (Å²) in [6, 6.07) is -5.12. The van der Waals surface area contributed by atoms with Crippen molar-refractivity contribution in [3.8, 4) is 0 Å². The lowest BCUT2D eigenvalue weighted by molar-refractivity contribution is -0.145. The molecule has 0 aliphatic heterocycles. The van der Waals surface area contributed by atoms with Crippen LogP contribution in [0.4, 0.5) is 0 Å². The molecule has 0 bridgehead atoms. The summed E-state index contributed by atoms with van der Waals surface area (Å²) in [5, 5.41) is 25.1. The highest BCUT2D eigenvalue weighted by molar-refractivity contribution is 5.96. The Hall–Kier alpha value is -2.77. The third-order valence-corrected chi connectivity index (χ3v) is 4.14. The van der Waals surface area contributed by atoms with E-state index in [2.05, 4.69) is 16.0 Å². The standard InChI is InChI=1S/C17H32N6O7/c1-8(14(26)23-13(9(2)24)17(29)30)21-16(28)11(7-12(20)25)22-15(27)10(19)5-3-4-6-18/h8-11,13,24H,3-7,18-19H2,1-2H3,(H2,20,25)(H,21,28)(H,22,27)(H,23,26)(H,29,30). The summed E-state index contributed by atoms with van der Waals surface area (Å²) < 4.78 is 0. The van der Waals surface area contributed by atoms with Gasteiger partial charge >= 0.3 is 5.97 Å². The Morgan fingerprint density at radius 1 is 0.933 bits per heavy atom. The van der Waals surface area contributed by atoms with E-state index < -0.39 is 66.3 Å². The number of hydrogen-bond donors (Lipinski definition) is 8. The molecule has 0 rings (SSSR count). The summed E-state index contributed by atoms with van der Waals surface area (Å²) in [5.41, 5.74) is 16.2. The molecule has 30 heavy (non-hydrogen) atoms. The minimum atomic E-state index is -1.58. The first-order chi connectivity index (χ1) is 13.9. The molecule has 0 heterocycles. The van der Waals surface area contributed by atoms with Crippen molar-refractivity contribution in [3.05, 3.63) is 0 Å². The molecule has 0 aromatic carbocycles. The van der Waals surface area contributed by atoms with E-state index in [1.165, 1.54) is 13.8 Å². The molecule has 11 N–H and O–H groups in total. The Balaban J connectivity index is 5.01. The smallest absolute Gasteiger partial charge is 0.328 e. The lowest BCUT2D eigenvalue weighted by Crippen LogP contribution is -2.58. The average molecular weight is 432 g/mol. The second-order valence-corrected chi connectivity index (χ2v) is 6.92. The summed E-state index contributed by atoms with van der Waals surface area (Å²) >= 11 is 0. The topological polar surface area (TPSA) is 240 Å². The molecule has 0 radical (unpaired) electrons. The van der Waals surface area contributed by atoms with E-state index in [1.807, 2.05) is 0 Å². The third-order valence-electron chi connectivity index (χ3n) is 4.14. The average Bonchev–Trinajstić information content (AvgIpc) is 2.64. The SMILES string of the molecule is CC(NC(=O)C(CC(N)=O)NC(=O)C(N)CCCCN)C(=O)NC(C(=O)O)C(C)O. The highest BCUT2D eigenvalue weighted by Gasteiger charge is 2.30. The number of carbonyl (C=O) groups excluding carboxylic acids is 4. The first-order valence-corrected chi connectivity index (χ1v) is 9.46. The van der Waals surface area contributed by atoms with Crippen LogP contribution in [-0.2, 0) is 24.0 Å². The normalized spacial score (nSPS) is 15.8. The largest absolute Gasteiger partial charge is 0.480 e. The number of nitrogens with one attached hydrogen (secondary N) is 3. The summed E-state index contributed by atoms with van der Waals surface area (Å²) in [6.07, 6.45) is -0.321. The number of aliphatic carboxylic acids is 1. The molecule has 0 spiro atoms. The van der Waals surface area contributed by atoms with E-state index in [9.17, 15) is 29.1 Å². The second kappa shape index (κ2) is 13.5. The second-order valence-electron chi connectivity index (χ2n) is 6.92. The molecular formula is C17H32N6O7. The number of nitrogens with two attached hydrogens (primary N) is 3. The van der Waals surface area contributed by atoms with Crippen LogP contribution in [0.15, 0.2) is 0 Å². The van der Waals surface area contributed by atoms with Crippen LogP contribution >= 0.6 is 0 Å². The molecule has 0 fully saturated rings. The third kappa shape index (κ3) is 10.1. The molecule has 172 valence electrons. The molecule has 0 aliphatic carbocycles. The van der Waals surface area contributed by atoms with Crippen LogP contribution in [0, 0.1) is 0 Å². The van der Waals surface area contributed by atoms with Crippen molar-refractivity contribution in [1.29, 1.82) is 0 Å². The maximum absolute atomic E-state index is 12.4. The quantitative estimate of drug-likeness (QED) is 0.126. The summed E-state index contributed by atoms with van der Waals surface area (Å²) in [7, 11) is 0. The molecule has 0 saturated heterocycles. The van der Waals surface area contributed by atoms with E-state index >= 15 is 0 Å². The van der Waals surface area contributed by atoms with Crippen molar-refractivity contribution in [2.24, 2.45) is 17.2 Å². The van der Waals surface area contributed by atoms with Crippen molar-refractivity contribution in [2.45, 2.75) is 69.8 Å². The summed E-state index contributed by atoms with van der Waals surface area (Å²) in [6.45, 7) is 2.88. The van der Waals surface area contributed by atoms with E-state index in [0.717, 1.165) is 0 Å². The van der Waals surface area contributed by atoms with Crippen molar-refractivity contribution < 1.29 is 34.2 Å². The Morgan fingerprint density at radius 3 is 2.00 bits per heavy atom. The van der Waals surface area contributed by atoms with Crippen LogP contribution in [0.3, 0.4) is 0 Å². The molecule has 0 aromatic heterocycles. The van der Waals surface area contributed by atoms with Crippen LogP contribution in [-0.4, -0.2) is 76.6 Å². The molecule has 4 amide bonds. The minimum absolute atomic E-state index is 0.322. The number of aliphatic hydroxyl groups excluding tert-OH is 1. The number of rotatable bonds is 14. The van der Waals surface area contributed by atoms with Gasteiger partial charge in [0.25, 0.3) is 0 Å². The summed E-state index contributed by atoms with van der Waals surface area (Å²) in [4.78, 5) is 59.0. The first-order valence-electron chi connectivity index (χ1n) is 9.46. The highest BCUT2D eigenvalue weighted by atomic mass is 16.4. The predicted molar refractivity (Wildman–Crippen MR) is 105 cm³/mol. The molecule has 0 saturated carbocycles. The monoisotopic (exact) mass is 432 g/mol.